The molecule has 0 heterocycles. The highest BCUT2D eigenvalue weighted by atomic mass is 16.3. The predicted octanol–water partition coefficient (Wildman–Crippen LogP) is 4.48. The second-order valence-electron chi connectivity index (χ2n) is 5.75. The number of carbonyl (C=O) groups is 1. The van der Waals surface area contributed by atoms with E-state index in [-0.39, 0.29) is 28.8 Å². The van der Waals surface area contributed by atoms with E-state index >= 15 is 0 Å². The van der Waals surface area contributed by atoms with Crippen LogP contribution in [0.3, 0.4) is 0 Å². The lowest BCUT2D eigenvalue weighted by Crippen LogP contribution is -2.04. The van der Waals surface area contributed by atoms with Crippen molar-refractivity contribution in [3.63, 3.8) is 0 Å². The molecule has 2 N–H and O–H groups in total. The predicted molar refractivity (Wildman–Crippen MR) is 93.6 cm³/mol. The molecule has 0 saturated carbocycles. The van der Waals surface area contributed by atoms with Crippen LogP contribution in [0.1, 0.15) is 39.9 Å². The number of ketones is 1. The highest BCUT2D eigenvalue weighted by Gasteiger charge is 2.19. The molecule has 3 aromatic rings. The van der Waals surface area contributed by atoms with E-state index in [9.17, 15) is 15.0 Å². The van der Waals surface area contributed by atoms with Crippen LogP contribution in [0.5, 0.6) is 11.5 Å². The zero-order valence-electron chi connectivity index (χ0n) is 13.3. The standard InChI is InChI=1S/C21H18O3/c1-14(15-6-3-2-4-7-15)18-8-5-9-19(21(18)24)20(23)16-10-12-17(22)13-11-16/h2-14,22,24H,1H3. The van der Waals surface area contributed by atoms with Gasteiger partial charge in [-0.2, -0.15) is 0 Å². The molecule has 120 valence electrons. The number of hydrogen-bond donors (Lipinski definition) is 2. The van der Waals surface area contributed by atoms with E-state index in [2.05, 4.69) is 0 Å². The number of para-hydroxylation sites is 1. The van der Waals surface area contributed by atoms with Crippen molar-refractivity contribution in [2.75, 3.05) is 0 Å². The van der Waals surface area contributed by atoms with Crippen molar-refractivity contribution in [1.82, 2.24) is 0 Å². The van der Waals surface area contributed by atoms with Crippen LogP contribution in [0.2, 0.25) is 0 Å². The third-order valence-electron chi connectivity index (χ3n) is 4.21. The van der Waals surface area contributed by atoms with Crippen molar-refractivity contribution in [1.29, 1.82) is 0 Å². The highest BCUT2D eigenvalue weighted by Crippen LogP contribution is 2.34. The maximum Gasteiger partial charge on any atom is 0.196 e. The van der Waals surface area contributed by atoms with Crippen LogP contribution in [0.4, 0.5) is 0 Å². The van der Waals surface area contributed by atoms with Gasteiger partial charge in [-0.25, -0.2) is 0 Å². The van der Waals surface area contributed by atoms with Gasteiger partial charge in [0.2, 0.25) is 0 Å². The zero-order valence-corrected chi connectivity index (χ0v) is 13.3. The lowest BCUT2D eigenvalue weighted by atomic mass is 9.89. The van der Waals surface area contributed by atoms with Crippen LogP contribution in [-0.4, -0.2) is 16.0 Å². The molecule has 0 fully saturated rings. The Kier molecular flexibility index (Phi) is 4.34. The van der Waals surface area contributed by atoms with Gasteiger partial charge >= 0.3 is 0 Å². The van der Waals surface area contributed by atoms with Gasteiger partial charge in [-0.05, 0) is 35.9 Å². The molecular weight excluding hydrogens is 300 g/mol. The molecule has 0 radical (unpaired) electrons. The smallest absolute Gasteiger partial charge is 0.196 e. The van der Waals surface area contributed by atoms with Gasteiger partial charge in [0.25, 0.3) is 0 Å². The molecule has 0 saturated heterocycles. The SMILES string of the molecule is CC(c1ccccc1)c1cccc(C(=O)c2ccc(O)cc2)c1O. The van der Waals surface area contributed by atoms with E-state index in [1.54, 1.807) is 24.3 Å². The first-order valence-electron chi connectivity index (χ1n) is 7.78. The summed E-state index contributed by atoms with van der Waals surface area (Å²) in [5, 5.41) is 20.0. The van der Waals surface area contributed by atoms with Gasteiger partial charge in [-0.15, -0.1) is 0 Å². The van der Waals surface area contributed by atoms with E-state index in [0.717, 1.165) is 5.56 Å². The minimum atomic E-state index is -0.269. The number of benzene rings is 3. The summed E-state index contributed by atoms with van der Waals surface area (Å²) in [6, 6.07) is 21.1. The average Bonchev–Trinajstić information content (AvgIpc) is 2.62. The van der Waals surface area contributed by atoms with Crippen molar-refractivity contribution in [2.45, 2.75) is 12.8 Å². The molecule has 0 bridgehead atoms. The molecule has 3 heteroatoms. The first kappa shape index (κ1) is 15.8. The summed E-state index contributed by atoms with van der Waals surface area (Å²) in [4.78, 5) is 12.6. The molecule has 24 heavy (non-hydrogen) atoms. The number of carbonyl (C=O) groups excluding carboxylic acids is 1. The van der Waals surface area contributed by atoms with Crippen molar-refractivity contribution in [3.05, 3.63) is 95.1 Å². The molecule has 3 aromatic carbocycles. The molecule has 0 aromatic heterocycles. The Balaban J connectivity index is 1.99. The fourth-order valence-electron chi connectivity index (χ4n) is 2.78. The molecular formula is C21H18O3. The molecule has 0 spiro atoms. The van der Waals surface area contributed by atoms with Gasteiger partial charge in [-0.1, -0.05) is 49.4 Å². The van der Waals surface area contributed by atoms with Crippen molar-refractivity contribution in [3.8, 4) is 11.5 Å². The Morgan fingerprint density at radius 1 is 0.833 bits per heavy atom. The quantitative estimate of drug-likeness (QED) is 0.697. The fourth-order valence-corrected chi connectivity index (χ4v) is 2.78. The van der Waals surface area contributed by atoms with Crippen LogP contribution in [0.25, 0.3) is 0 Å². The van der Waals surface area contributed by atoms with E-state index in [1.165, 1.54) is 12.1 Å². The van der Waals surface area contributed by atoms with E-state index in [1.807, 2.05) is 43.3 Å². The highest BCUT2D eigenvalue weighted by molar-refractivity contribution is 6.10. The molecule has 0 amide bonds. The summed E-state index contributed by atoms with van der Waals surface area (Å²) in [5.74, 6) is -0.192. The monoisotopic (exact) mass is 318 g/mol. The maximum absolute atomic E-state index is 12.6. The van der Waals surface area contributed by atoms with Gasteiger partial charge in [0.1, 0.15) is 11.5 Å². The first-order chi connectivity index (χ1) is 11.6. The Labute approximate surface area is 140 Å². The largest absolute Gasteiger partial charge is 0.508 e. The second kappa shape index (κ2) is 6.59. The molecule has 3 nitrogen and oxygen atoms in total. The topological polar surface area (TPSA) is 57.5 Å². The van der Waals surface area contributed by atoms with Crippen LogP contribution < -0.4 is 0 Å². The summed E-state index contributed by atoms with van der Waals surface area (Å²) in [5.41, 5.74) is 2.47. The molecule has 1 unspecified atom stereocenters. The Morgan fingerprint density at radius 3 is 2.17 bits per heavy atom. The van der Waals surface area contributed by atoms with Crippen LogP contribution in [-0.2, 0) is 0 Å². The van der Waals surface area contributed by atoms with Crippen LogP contribution in [0, 0.1) is 0 Å². The van der Waals surface area contributed by atoms with Gasteiger partial charge in [0.15, 0.2) is 5.78 Å². The minimum absolute atomic E-state index is 0.00641. The van der Waals surface area contributed by atoms with Gasteiger partial charge < -0.3 is 10.2 Å². The van der Waals surface area contributed by atoms with Crippen molar-refractivity contribution < 1.29 is 15.0 Å². The first-order valence-corrected chi connectivity index (χ1v) is 7.78. The lowest BCUT2D eigenvalue weighted by Gasteiger charge is -2.16. The zero-order chi connectivity index (χ0) is 17.1. The molecule has 0 aliphatic heterocycles. The Bertz CT molecular complexity index is 852. The van der Waals surface area contributed by atoms with Crippen LogP contribution >= 0.6 is 0 Å². The summed E-state index contributed by atoms with van der Waals surface area (Å²) in [7, 11) is 0. The van der Waals surface area contributed by atoms with Gasteiger partial charge in [-0.3, -0.25) is 4.79 Å². The molecule has 3 rings (SSSR count). The van der Waals surface area contributed by atoms with E-state index in [4.69, 9.17) is 0 Å². The number of aromatic hydroxyl groups is 2. The average molecular weight is 318 g/mol. The lowest BCUT2D eigenvalue weighted by molar-refractivity contribution is 0.103. The number of rotatable bonds is 4. The molecule has 1 atom stereocenters. The summed E-state index contributed by atoms with van der Waals surface area (Å²) < 4.78 is 0. The van der Waals surface area contributed by atoms with Crippen molar-refractivity contribution >= 4 is 5.78 Å². The normalized spacial score (nSPS) is 11.9. The second-order valence-corrected chi connectivity index (χ2v) is 5.75. The molecule has 0 aliphatic rings. The number of hydrogen-bond acceptors (Lipinski definition) is 3. The molecule has 0 aliphatic carbocycles. The summed E-state index contributed by atoms with van der Waals surface area (Å²) in [6.45, 7) is 2.00. The van der Waals surface area contributed by atoms with E-state index in [0.29, 0.717) is 11.1 Å². The van der Waals surface area contributed by atoms with Gasteiger partial charge in [0.05, 0.1) is 5.56 Å². The Morgan fingerprint density at radius 2 is 1.50 bits per heavy atom. The van der Waals surface area contributed by atoms with Crippen molar-refractivity contribution in [2.24, 2.45) is 0 Å². The third-order valence-corrected chi connectivity index (χ3v) is 4.21. The Hall–Kier alpha value is -3.07. The summed E-state index contributed by atoms with van der Waals surface area (Å²) in [6.07, 6.45) is 0. The van der Waals surface area contributed by atoms with Gasteiger partial charge in [0, 0.05) is 17.0 Å². The summed E-state index contributed by atoms with van der Waals surface area (Å²) >= 11 is 0. The van der Waals surface area contributed by atoms with E-state index < -0.39 is 0 Å². The third kappa shape index (κ3) is 3.01. The van der Waals surface area contributed by atoms with Crippen LogP contribution in [0.15, 0.2) is 72.8 Å². The number of phenolic OH excluding ortho intramolecular Hbond substituents is 2. The minimum Gasteiger partial charge on any atom is -0.508 e. The fraction of sp³-hybridized carbons (Fsp3) is 0.0952. The number of phenols is 2. The maximum atomic E-state index is 12.6.